The number of anilines is 1. The lowest BCUT2D eigenvalue weighted by Crippen LogP contribution is -2.11. The predicted molar refractivity (Wildman–Crippen MR) is 59.0 cm³/mol. The molecule has 5 nitrogen and oxygen atoms in total. The van der Waals surface area contributed by atoms with Crippen molar-refractivity contribution in [3.05, 3.63) is 18.2 Å². The van der Waals surface area contributed by atoms with Crippen molar-refractivity contribution in [2.45, 2.75) is 0 Å². The van der Waals surface area contributed by atoms with Gasteiger partial charge in [0, 0.05) is 18.3 Å². The average molecular weight is 225 g/mol. The number of benzene rings is 1. The maximum atomic E-state index is 8.51. The molecule has 88 valence electrons. The first kappa shape index (κ1) is 11.0. The van der Waals surface area contributed by atoms with Gasteiger partial charge in [-0.05, 0) is 12.1 Å². The summed E-state index contributed by atoms with van der Waals surface area (Å²) in [6, 6.07) is 5.70. The maximum absolute atomic E-state index is 8.51. The van der Waals surface area contributed by atoms with E-state index in [-0.39, 0.29) is 6.61 Å². The van der Waals surface area contributed by atoms with E-state index in [1.807, 2.05) is 18.2 Å². The van der Waals surface area contributed by atoms with Crippen molar-refractivity contribution < 1.29 is 19.3 Å². The van der Waals surface area contributed by atoms with E-state index < -0.39 is 0 Å². The normalized spacial score (nSPS) is 12.8. The highest BCUT2D eigenvalue weighted by Gasteiger charge is 2.12. The van der Waals surface area contributed by atoms with Crippen molar-refractivity contribution in [2.75, 3.05) is 38.5 Å². The molecule has 5 heteroatoms. The number of fused-ring (bicyclic) bond motifs is 1. The van der Waals surface area contributed by atoms with Crippen LogP contribution in [-0.4, -0.2) is 38.3 Å². The van der Waals surface area contributed by atoms with Gasteiger partial charge in [-0.1, -0.05) is 0 Å². The van der Waals surface area contributed by atoms with E-state index >= 15 is 0 Å². The molecule has 0 saturated heterocycles. The highest BCUT2D eigenvalue weighted by atomic mass is 16.7. The SMILES string of the molecule is OCCOCCNc1ccc2c(c1)OCO2. The van der Waals surface area contributed by atoms with Crippen LogP contribution in [0.25, 0.3) is 0 Å². The van der Waals surface area contributed by atoms with E-state index in [0.717, 1.165) is 17.2 Å². The molecule has 0 amide bonds. The summed E-state index contributed by atoms with van der Waals surface area (Å²) < 4.78 is 15.6. The fourth-order valence-electron chi connectivity index (χ4n) is 1.44. The molecule has 0 radical (unpaired) electrons. The predicted octanol–water partition coefficient (Wildman–Crippen LogP) is 0.836. The van der Waals surface area contributed by atoms with Gasteiger partial charge in [-0.25, -0.2) is 0 Å². The summed E-state index contributed by atoms with van der Waals surface area (Å²) in [4.78, 5) is 0. The minimum Gasteiger partial charge on any atom is -0.454 e. The molecule has 0 atom stereocenters. The van der Waals surface area contributed by atoms with E-state index in [4.69, 9.17) is 19.3 Å². The third-order valence-electron chi connectivity index (χ3n) is 2.18. The van der Waals surface area contributed by atoms with Crippen LogP contribution in [0.1, 0.15) is 0 Å². The smallest absolute Gasteiger partial charge is 0.231 e. The number of hydrogen-bond donors (Lipinski definition) is 2. The maximum Gasteiger partial charge on any atom is 0.231 e. The molecular weight excluding hydrogens is 210 g/mol. The fourth-order valence-corrected chi connectivity index (χ4v) is 1.44. The van der Waals surface area contributed by atoms with Gasteiger partial charge in [0.15, 0.2) is 11.5 Å². The first-order valence-electron chi connectivity index (χ1n) is 5.22. The minimum absolute atomic E-state index is 0.0595. The monoisotopic (exact) mass is 225 g/mol. The molecular formula is C11H15NO4. The topological polar surface area (TPSA) is 60.0 Å². The second-order valence-corrected chi connectivity index (χ2v) is 3.33. The molecule has 0 fully saturated rings. The molecule has 0 aliphatic carbocycles. The first-order chi connectivity index (χ1) is 7.90. The van der Waals surface area contributed by atoms with Crippen molar-refractivity contribution in [1.29, 1.82) is 0 Å². The third kappa shape index (κ3) is 2.77. The molecule has 1 aliphatic rings. The Labute approximate surface area is 93.9 Å². The summed E-state index contributed by atoms with van der Waals surface area (Å²) in [6.45, 7) is 1.99. The summed E-state index contributed by atoms with van der Waals surface area (Å²) in [7, 11) is 0. The summed E-state index contributed by atoms with van der Waals surface area (Å²) in [5.74, 6) is 1.54. The standard InChI is InChI=1S/C11H15NO4/c13-4-6-14-5-3-12-9-1-2-10-11(7-9)16-8-15-10/h1-2,7,12-13H,3-6,8H2. The quantitative estimate of drug-likeness (QED) is 0.702. The molecule has 0 bridgehead atoms. The Balaban J connectivity index is 1.77. The van der Waals surface area contributed by atoms with E-state index in [9.17, 15) is 0 Å². The van der Waals surface area contributed by atoms with Gasteiger partial charge in [0.1, 0.15) is 0 Å². The lowest BCUT2D eigenvalue weighted by molar-refractivity contribution is 0.0992. The van der Waals surface area contributed by atoms with Crippen LogP contribution < -0.4 is 14.8 Å². The van der Waals surface area contributed by atoms with Gasteiger partial charge in [-0.15, -0.1) is 0 Å². The Bertz CT molecular complexity index is 343. The third-order valence-corrected chi connectivity index (χ3v) is 2.18. The molecule has 1 aromatic carbocycles. The van der Waals surface area contributed by atoms with Crippen LogP contribution in [-0.2, 0) is 4.74 Å². The second kappa shape index (κ2) is 5.58. The van der Waals surface area contributed by atoms with Gasteiger partial charge in [-0.2, -0.15) is 0 Å². The van der Waals surface area contributed by atoms with Gasteiger partial charge in [0.25, 0.3) is 0 Å². The van der Waals surface area contributed by atoms with Crippen LogP contribution in [0.2, 0.25) is 0 Å². The summed E-state index contributed by atoms with van der Waals surface area (Å²) in [5.41, 5.74) is 0.969. The molecule has 0 unspecified atom stereocenters. The number of aliphatic hydroxyl groups is 1. The van der Waals surface area contributed by atoms with Gasteiger partial charge >= 0.3 is 0 Å². The van der Waals surface area contributed by atoms with Crippen LogP contribution >= 0.6 is 0 Å². The van der Waals surface area contributed by atoms with Crippen LogP contribution in [0.4, 0.5) is 5.69 Å². The molecule has 2 rings (SSSR count). The van der Waals surface area contributed by atoms with Crippen molar-refractivity contribution in [3.8, 4) is 11.5 Å². The first-order valence-corrected chi connectivity index (χ1v) is 5.22. The summed E-state index contributed by atoms with van der Waals surface area (Å²) in [6.07, 6.45) is 0. The fraction of sp³-hybridized carbons (Fsp3) is 0.455. The van der Waals surface area contributed by atoms with Gasteiger partial charge in [0.2, 0.25) is 6.79 Å². The van der Waals surface area contributed by atoms with Gasteiger partial charge in [-0.3, -0.25) is 0 Å². The number of rotatable bonds is 6. The molecule has 0 aromatic heterocycles. The zero-order chi connectivity index (χ0) is 11.2. The summed E-state index contributed by atoms with van der Waals surface area (Å²) >= 11 is 0. The van der Waals surface area contributed by atoms with Crippen LogP contribution in [0.3, 0.4) is 0 Å². The molecule has 16 heavy (non-hydrogen) atoms. The minimum atomic E-state index is 0.0595. The Morgan fingerprint density at radius 2 is 2.12 bits per heavy atom. The Morgan fingerprint density at radius 3 is 3.00 bits per heavy atom. The van der Waals surface area contributed by atoms with Crippen LogP contribution in [0.15, 0.2) is 18.2 Å². The molecule has 2 N–H and O–H groups in total. The van der Waals surface area contributed by atoms with Crippen molar-refractivity contribution in [3.63, 3.8) is 0 Å². The molecule has 0 saturated carbocycles. The van der Waals surface area contributed by atoms with E-state index in [0.29, 0.717) is 26.6 Å². The lowest BCUT2D eigenvalue weighted by Gasteiger charge is -2.07. The molecule has 1 aromatic rings. The van der Waals surface area contributed by atoms with E-state index in [2.05, 4.69) is 5.32 Å². The summed E-state index contributed by atoms with van der Waals surface area (Å²) in [5, 5.41) is 11.7. The second-order valence-electron chi connectivity index (χ2n) is 3.33. The Morgan fingerprint density at radius 1 is 1.25 bits per heavy atom. The highest BCUT2D eigenvalue weighted by Crippen LogP contribution is 2.33. The van der Waals surface area contributed by atoms with Gasteiger partial charge < -0.3 is 24.6 Å². The van der Waals surface area contributed by atoms with Crippen molar-refractivity contribution in [1.82, 2.24) is 0 Å². The van der Waals surface area contributed by atoms with Crippen molar-refractivity contribution in [2.24, 2.45) is 0 Å². The van der Waals surface area contributed by atoms with E-state index in [1.165, 1.54) is 0 Å². The van der Waals surface area contributed by atoms with Gasteiger partial charge in [0.05, 0.1) is 19.8 Å². The molecule has 1 heterocycles. The van der Waals surface area contributed by atoms with Crippen LogP contribution in [0, 0.1) is 0 Å². The zero-order valence-corrected chi connectivity index (χ0v) is 8.94. The number of hydrogen-bond acceptors (Lipinski definition) is 5. The number of nitrogens with one attached hydrogen (secondary N) is 1. The number of ether oxygens (including phenoxy) is 3. The highest BCUT2D eigenvalue weighted by molar-refractivity contribution is 5.55. The van der Waals surface area contributed by atoms with E-state index in [1.54, 1.807) is 0 Å². The number of aliphatic hydroxyl groups excluding tert-OH is 1. The Kier molecular flexibility index (Phi) is 3.85. The Hall–Kier alpha value is -1.46. The van der Waals surface area contributed by atoms with Crippen molar-refractivity contribution >= 4 is 5.69 Å². The molecule has 1 aliphatic heterocycles. The largest absolute Gasteiger partial charge is 0.454 e. The average Bonchev–Trinajstić information content (AvgIpc) is 2.76. The zero-order valence-electron chi connectivity index (χ0n) is 8.94. The lowest BCUT2D eigenvalue weighted by atomic mass is 10.3. The molecule has 0 spiro atoms. The van der Waals surface area contributed by atoms with Crippen LogP contribution in [0.5, 0.6) is 11.5 Å².